The number of non-ortho nitro benzene ring substituents is 1. The number of nitrogens with one attached hydrogen (secondary N) is 1. The highest BCUT2D eigenvalue weighted by molar-refractivity contribution is 5.92. The smallest absolute Gasteiger partial charge is 0.303 e. The van der Waals surface area contributed by atoms with E-state index in [2.05, 4.69) is 5.32 Å². The van der Waals surface area contributed by atoms with Crippen LogP contribution in [0.15, 0.2) is 18.2 Å². The van der Waals surface area contributed by atoms with Gasteiger partial charge in [0.25, 0.3) is 5.69 Å². The summed E-state index contributed by atoms with van der Waals surface area (Å²) in [6, 6.07) is 2.76. The lowest BCUT2D eigenvalue weighted by Gasteiger charge is -2.05. The molecule has 0 saturated carbocycles. The van der Waals surface area contributed by atoms with Crippen molar-refractivity contribution in [3.8, 4) is 0 Å². The summed E-state index contributed by atoms with van der Waals surface area (Å²) < 4.78 is 13.3. The Hall–Kier alpha value is -2.51. The van der Waals surface area contributed by atoms with Gasteiger partial charge in [0.05, 0.1) is 23.1 Å². The SMILES string of the molecule is O=C(O)CCC(=O)Nc1ccc([N+](=O)[O-])cc1F. The Morgan fingerprint density at radius 3 is 2.56 bits per heavy atom. The largest absolute Gasteiger partial charge is 0.481 e. The number of rotatable bonds is 5. The number of nitro groups is 1. The van der Waals surface area contributed by atoms with Gasteiger partial charge in [-0.25, -0.2) is 4.39 Å². The van der Waals surface area contributed by atoms with E-state index >= 15 is 0 Å². The average molecular weight is 256 g/mol. The third-order valence-corrected chi connectivity index (χ3v) is 2.00. The van der Waals surface area contributed by atoms with Gasteiger partial charge < -0.3 is 10.4 Å². The maximum absolute atomic E-state index is 13.3. The molecule has 0 spiro atoms. The van der Waals surface area contributed by atoms with Crippen molar-refractivity contribution in [2.45, 2.75) is 12.8 Å². The van der Waals surface area contributed by atoms with Crippen molar-refractivity contribution < 1.29 is 24.0 Å². The first kappa shape index (κ1) is 13.6. The zero-order valence-corrected chi connectivity index (χ0v) is 9.05. The molecular weight excluding hydrogens is 247 g/mol. The summed E-state index contributed by atoms with van der Waals surface area (Å²) in [4.78, 5) is 31.0. The minimum absolute atomic E-state index is 0.226. The van der Waals surface area contributed by atoms with Crippen LogP contribution in [0, 0.1) is 15.9 Å². The fraction of sp³-hybridized carbons (Fsp3) is 0.200. The summed E-state index contributed by atoms with van der Waals surface area (Å²) in [6.07, 6.45) is -0.674. The van der Waals surface area contributed by atoms with Crippen molar-refractivity contribution in [3.63, 3.8) is 0 Å². The lowest BCUT2D eigenvalue weighted by atomic mass is 10.2. The molecule has 7 nitrogen and oxygen atoms in total. The molecule has 0 saturated heterocycles. The van der Waals surface area contributed by atoms with Crippen LogP contribution in [-0.4, -0.2) is 21.9 Å². The van der Waals surface area contributed by atoms with Gasteiger partial charge in [-0.3, -0.25) is 19.7 Å². The highest BCUT2D eigenvalue weighted by atomic mass is 19.1. The highest BCUT2D eigenvalue weighted by Gasteiger charge is 2.13. The molecule has 0 unspecified atom stereocenters. The van der Waals surface area contributed by atoms with Gasteiger partial charge in [-0.15, -0.1) is 0 Å². The number of aliphatic carboxylic acids is 1. The monoisotopic (exact) mass is 256 g/mol. The topological polar surface area (TPSA) is 110 Å². The van der Waals surface area contributed by atoms with E-state index in [0.717, 1.165) is 12.1 Å². The molecule has 1 rings (SSSR count). The summed E-state index contributed by atoms with van der Waals surface area (Å²) in [6.45, 7) is 0. The molecule has 1 aromatic carbocycles. The highest BCUT2D eigenvalue weighted by Crippen LogP contribution is 2.20. The maximum atomic E-state index is 13.3. The predicted octanol–water partition coefficient (Wildman–Crippen LogP) is 1.54. The molecule has 1 amide bonds. The number of nitrogens with zero attached hydrogens (tertiary/aromatic N) is 1. The zero-order valence-electron chi connectivity index (χ0n) is 9.05. The van der Waals surface area contributed by atoms with Crippen LogP contribution in [0.1, 0.15) is 12.8 Å². The van der Waals surface area contributed by atoms with Crippen LogP contribution in [-0.2, 0) is 9.59 Å². The van der Waals surface area contributed by atoms with Gasteiger partial charge in [0, 0.05) is 12.5 Å². The van der Waals surface area contributed by atoms with Crippen molar-refractivity contribution in [2.24, 2.45) is 0 Å². The number of benzene rings is 1. The van der Waals surface area contributed by atoms with Gasteiger partial charge in [-0.2, -0.15) is 0 Å². The average Bonchev–Trinajstić information content (AvgIpc) is 2.29. The second-order valence-corrected chi connectivity index (χ2v) is 3.36. The summed E-state index contributed by atoms with van der Waals surface area (Å²) in [7, 11) is 0. The van der Waals surface area contributed by atoms with Gasteiger partial charge in [0.15, 0.2) is 5.82 Å². The molecule has 0 bridgehead atoms. The minimum atomic E-state index is -1.14. The van der Waals surface area contributed by atoms with Crippen LogP contribution >= 0.6 is 0 Å². The lowest BCUT2D eigenvalue weighted by Crippen LogP contribution is -2.14. The van der Waals surface area contributed by atoms with E-state index in [1.807, 2.05) is 0 Å². The van der Waals surface area contributed by atoms with Gasteiger partial charge in [-0.1, -0.05) is 0 Å². The second-order valence-electron chi connectivity index (χ2n) is 3.36. The Morgan fingerprint density at radius 1 is 1.39 bits per heavy atom. The maximum Gasteiger partial charge on any atom is 0.303 e. The molecule has 0 aliphatic carbocycles. The number of hydrogen-bond acceptors (Lipinski definition) is 4. The van der Waals surface area contributed by atoms with Crippen molar-refractivity contribution in [1.82, 2.24) is 0 Å². The zero-order chi connectivity index (χ0) is 13.7. The number of hydrogen-bond donors (Lipinski definition) is 2. The minimum Gasteiger partial charge on any atom is -0.481 e. The van der Waals surface area contributed by atoms with Gasteiger partial charge in [-0.05, 0) is 6.07 Å². The van der Waals surface area contributed by atoms with Gasteiger partial charge in [0.2, 0.25) is 5.91 Å². The molecule has 0 heterocycles. The van der Waals surface area contributed by atoms with Crippen LogP contribution in [0.3, 0.4) is 0 Å². The Kier molecular flexibility index (Phi) is 4.30. The molecule has 0 fully saturated rings. The normalized spacial score (nSPS) is 9.83. The van der Waals surface area contributed by atoms with Gasteiger partial charge in [0.1, 0.15) is 0 Å². The van der Waals surface area contributed by atoms with Gasteiger partial charge >= 0.3 is 5.97 Å². The molecule has 2 N–H and O–H groups in total. The van der Waals surface area contributed by atoms with Crippen LogP contribution in [0.5, 0.6) is 0 Å². The van der Waals surface area contributed by atoms with Crippen LogP contribution in [0.2, 0.25) is 0 Å². The number of halogens is 1. The van der Waals surface area contributed by atoms with Crippen molar-refractivity contribution in [3.05, 3.63) is 34.1 Å². The first-order chi connectivity index (χ1) is 8.40. The van der Waals surface area contributed by atoms with Crippen molar-refractivity contribution >= 4 is 23.3 Å². The Bertz CT molecular complexity index is 503. The van der Waals surface area contributed by atoms with E-state index in [9.17, 15) is 24.1 Å². The Labute approximate surface area is 100 Å². The standard InChI is InChI=1S/C10H9FN2O5/c11-7-5-6(13(17)18)1-2-8(7)12-9(14)3-4-10(15)16/h1-2,5H,3-4H2,(H,12,14)(H,15,16). The summed E-state index contributed by atoms with van der Waals surface area (Å²) in [5, 5.41) is 20.8. The lowest BCUT2D eigenvalue weighted by molar-refractivity contribution is -0.385. The third kappa shape index (κ3) is 3.81. The summed E-state index contributed by atoms with van der Waals surface area (Å²) >= 11 is 0. The Morgan fingerprint density at radius 2 is 2.06 bits per heavy atom. The molecule has 96 valence electrons. The number of carboxylic acids is 1. The van der Waals surface area contributed by atoms with E-state index in [1.54, 1.807) is 0 Å². The molecule has 0 aliphatic rings. The molecule has 0 radical (unpaired) electrons. The molecule has 18 heavy (non-hydrogen) atoms. The van der Waals surface area contributed by atoms with E-state index < -0.39 is 28.3 Å². The molecule has 0 aromatic heterocycles. The Balaban J connectivity index is 2.70. The van der Waals surface area contributed by atoms with Crippen LogP contribution < -0.4 is 5.32 Å². The van der Waals surface area contributed by atoms with E-state index in [-0.39, 0.29) is 18.5 Å². The molecule has 0 aliphatic heterocycles. The van der Waals surface area contributed by atoms with Crippen molar-refractivity contribution in [1.29, 1.82) is 0 Å². The summed E-state index contributed by atoms with van der Waals surface area (Å²) in [5.74, 6) is -2.77. The first-order valence-electron chi connectivity index (χ1n) is 4.85. The van der Waals surface area contributed by atoms with Crippen LogP contribution in [0.4, 0.5) is 15.8 Å². The number of carboxylic acid groups (broad SMARTS) is 1. The third-order valence-electron chi connectivity index (χ3n) is 2.00. The summed E-state index contributed by atoms with van der Waals surface area (Å²) in [5.41, 5.74) is -0.660. The number of carbonyl (C=O) groups is 2. The second kappa shape index (κ2) is 5.71. The molecule has 1 aromatic rings. The first-order valence-corrected chi connectivity index (χ1v) is 4.85. The number of carbonyl (C=O) groups excluding carboxylic acids is 1. The van der Waals surface area contributed by atoms with Crippen LogP contribution in [0.25, 0.3) is 0 Å². The molecule has 8 heteroatoms. The number of anilines is 1. The van der Waals surface area contributed by atoms with Crippen molar-refractivity contribution in [2.75, 3.05) is 5.32 Å². The van der Waals surface area contributed by atoms with E-state index in [0.29, 0.717) is 6.07 Å². The molecule has 0 atom stereocenters. The van der Waals surface area contributed by atoms with E-state index in [4.69, 9.17) is 5.11 Å². The number of amides is 1. The van der Waals surface area contributed by atoms with E-state index in [1.165, 1.54) is 0 Å². The molecular formula is C10H9FN2O5. The predicted molar refractivity (Wildman–Crippen MR) is 58.6 cm³/mol. The number of nitro benzene ring substituents is 1. The fourth-order valence-corrected chi connectivity index (χ4v) is 1.15. The quantitative estimate of drug-likeness (QED) is 0.613. The fourth-order valence-electron chi connectivity index (χ4n) is 1.15.